The molecule has 0 saturated carbocycles. The lowest BCUT2D eigenvalue weighted by Gasteiger charge is -2.17. The summed E-state index contributed by atoms with van der Waals surface area (Å²) in [7, 11) is 1.90. The quantitative estimate of drug-likeness (QED) is 0.644. The van der Waals surface area contributed by atoms with Gasteiger partial charge in [-0.25, -0.2) is 0 Å². The molecule has 0 aliphatic carbocycles. The van der Waals surface area contributed by atoms with Crippen molar-refractivity contribution in [3.8, 4) is 0 Å². The second kappa shape index (κ2) is 9.05. The molecule has 0 aromatic carbocycles. The predicted molar refractivity (Wildman–Crippen MR) is 72.5 cm³/mol. The van der Waals surface area contributed by atoms with Crippen molar-refractivity contribution in [1.29, 1.82) is 0 Å². The first-order chi connectivity index (χ1) is 8.76. The van der Waals surface area contributed by atoms with Crippen molar-refractivity contribution in [3.63, 3.8) is 0 Å². The maximum absolute atomic E-state index is 5.55. The number of hydrogen-bond acceptors (Lipinski definition) is 4. The zero-order valence-corrected chi connectivity index (χ0v) is 11.9. The third-order valence-electron chi connectivity index (χ3n) is 2.75. The van der Waals surface area contributed by atoms with E-state index < -0.39 is 0 Å². The van der Waals surface area contributed by atoms with Gasteiger partial charge in [-0.15, -0.1) is 5.10 Å². The van der Waals surface area contributed by atoms with Gasteiger partial charge in [0.05, 0.1) is 5.69 Å². The molecule has 18 heavy (non-hydrogen) atoms. The average molecular weight is 254 g/mol. The second-order valence-corrected chi connectivity index (χ2v) is 4.64. The van der Waals surface area contributed by atoms with E-state index in [-0.39, 0.29) is 0 Å². The van der Waals surface area contributed by atoms with Gasteiger partial charge in [-0.3, -0.25) is 4.68 Å². The van der Waals surface area contributed by atoms with Crippen molar-refractivity contribution in [2.45, 2.75) is 45.6 Å². The zero-order valence-electron chi connectivity index (χ0n) is 11.9. The van der Waals surface area contributed by atoms with Gasteiger partial charge >= 0.3 is 0 Å². The van der Waals surface area contributed by atoms with E-state index in [4.69, 9.17) is 4.74 Å². The summed E-state index contributed by atoms with van der Waals surface area (Å²) >= 11 is 0. The van der Waals surface area contributed by atoms with Gasteiger partial charge in [0.25, 0.3) is 0 Å². The molecule has 1 heterocycles. The molecule has 0 bridgehead atoms. The number of nitrogens with zero attached hydrogens (tertiary/aromatic N) is 3. The molecule has 0 fully saturated rings. The van der Waals surface area contributed by atoms with E-state index in [1.807, 2.05) is 13.2 Å². The normalized spacial score (nSPS) is 12.8. The third-order valence-corrected chi connectivity index (χ3v) is 2.75. The maximum Gasteiger partial charge on any atom is 0.0842 e. The fourth-order valence-electron chi connectivity index (χ4n) is 1.84. The Morgan fingerprint density at radius 2 is 2.17 bits per heavy atom. The summed E-state index contributed by atoms with van der Waals surface area (Å²) in [6.07, 6.45) is 6.15. The number of nitrogens with one attached hydrogen (secondary N) is 1. The minimum atomic E-state index is 0.429. The molecule has 0 radical (unpaired) electrons. The molecule has 0 saturated heterocycles. The van der Waals surface area contributed by atoms with Crippen LogP contribution >= 0.6 is 0 Å². The predicted octanol–water partition coefficient (Wildman–Crippen LogP) is 1.54. The summed E-state index contributed by atoms with van der Waals surface area (Å²) in [5.74, 6) is 0. The monoisotopic (exact) mass is 254 g/mol. The van der Waals surface area contributed by atoms with Crippen molar-refractivity contribution in [2.24, 2.45) is 7.05 Å². The van der Waals surface area contributed by atoms with Gasteiger partial charge in [0, 0.05) is 38.9 Å². The van der Waals surface area contributed by atoms with Crippen LogP contribution in [0.5, 0.6) is 0 Å². The minimum absolute atomic E-state index is 0.429. The lowest BCUT2D eigenvalue weighted by atomic mass is 10.1. The molecule has 1 N–H and O–H groups in total. The van der Waals surface area contributed by atoms with E-state index >= 15 is 0 Å². The van der Waals surface area contributed by atoms with E-state index in [1.165, 1.54) is 0 Å². The van der Waals surface area contributed by atoms with Crippen molar-refractivity contribution in [3.05, 3.63) is 11.9 Å². The highest BCUT2D eigenvalue weighted by molar-refractivity contribution is 4.95. The summed E-state index contributed by atoms with van der Waals surface area (Å²) in [6.45, 7) is 7.02. The summed E-state index contributed by atoms with van der Waals surface area (Å²) in [6, 6.07) is 0.429. The van der Waals surface area contributed by atoms with E-state index in [9.17, 15) is 0 Å². The van der Waals surface area contributed by atoms with E-state index in [2.05, 4.69) is 29.5 Å². The Bertz CT molecular complexity index is 314. The molecule has 1 aromatic rings. The van der Waals surface area contributed by atoms with Crippen molar-refractivity contribution in [1.82, 2.24) is 20.3 Å². The molecule has 0 aliphatic rings. The largest absolute Gasteiger partial charge is 0.381 e. The third kappa shape index (κ3) is 6.12. The molecule has 1 aromatic heterocycles. The number of ether oxygens (including phenoxy) is 1. The standard InChI is InChI=1S/C13H26N4O/c1-4-7-14-12(6-9-18-8-5-2)10-13-11-17(3)16-15-13/h11-12,14H,4-10H2,1-3H3. The molecule has 5 nitrogen and oxygen atoms in total. The Morgan fingerprint density at radius 1 is 1.33 bits per heavy atom. The first-order valence-corrected chi connectivity index (χ1v) is 6.92. The van der Waals surface area contributed by atoms with Crippen molar-refractivity contribution < 1.29 is 4.74 Å². The molecule has 1 unspecified atom stereocenters. The van der Waals surface area contributed by atoms with Crippen LogP contribution in [0, 0.1) is 0 Å². The van der Waals surface area contributed by atoms with Gasteiger partial charge in [-0.2, -0.15) is 0 Å². The Hall–Kier alpha value is -0.940. The van der Waals surface area contributed by atoms with Crippen LogP contribution in [0.1, 0.15) is 38.8 Å². The Kier molecular flexibility index (Phi) is 7.60. The van der Waals surface area contributed by atoms with Crippen LogP contribution in [-0.4, -0.2) is 40.8 Å². The van der Waals surface area contributed by atoms with E-state index in [0.717, 1.165) is 51.1 Å². The summed E-state index contributed by atoms with van der Waals surface area (Å²) in [4.78, 5) is 0. The van der Waals surface area contributed by atoms with Gasteiger partial charge in [0.15, 0.2) is 0 Å². The lowest BCUT2D eigenvalue weighted by Crippen LogP contribution is -2.33. The van der Waals surface area contributed by atoms with Crippen LogP contribution in [0.3, 0.4) is 0 Å². The maximum atomic E-state index is 5.55. The average Bonchev–Trinajstić information content (AvgIpc) is 2.77. The van der Waals surface area contributed by atoms with Crippen LogP contribution in [0.15, 0.2) is 6.20 Å². The fraction of sp³-hybridized carbons (Fsp3) is 0.846. The highest BCUT2D eigenvalue weighted by atomic mass is 16.5. The summed E-state index contributed by atoms with van der Waals surface area (Å²) in [5, 5.41) is 11.7. The number of aromatic nitrogens is 3. The first-order valence-electron chi connectivity index (χ1n) is 6.92. The van der Waals surface area contributed by atoms with Gasteiger partial charge in [-0.1, -0.05) is 19.1 Å². The van der Waals surface area contributed by atoms with Crippen molar-refractivity contribution in [2.75, 3.05) is 19.8 Å². The molecular formula is C13H26N4O. The van der Waals surface area contributed by atoms with Crippen molar-refractivity contribution >= 4 is 0 Å². The smallest absolute Gasteiger partial charge is 0.0842 e. The molecule has 0 amide bonds. The molecular weight excluding hydrogens is 228 g/mol. The molecule has 1 atom stereocenters. The van der Waals surface area contributed by atoms with Gasteiger partial charge in [-0.05, 0) is 25.8 Å². The molecule has 1 rings (SSSR count). The highest BCUT2D eigenvalue weighted by Crippen LogP contribution is 2.03. The molecule has 104 valence electrons. The number of hydrogen-bond donors (Lipinski definition) is 1. The first kappa shape index (κ1) is 15.1. The molecule has 0 aliphatic heterocycles. The second-order valence-electron chi connectivity index (χ2n) is 4.64. The fourth-order valence-corrected chi connectivity index (χ4v) is 1.84. The lowest BCUT2D eigenvalue weighted by molar-refractivity contribution is 0.124. The Labute approximate surface area is 110 Å². The number of aryl methyl sites for hydroxylation is 1. The van der Waals surface area contributed by atoms with Gasteiger partial charge < -0.3 is 10.1 Å². The highest BCUT2D eigenvalue weighted by Gasteiger charge is 2.11. The molecule has 5 heteroatoms. The van der Waals surface area contributed by atoms with E-state index in [0.29, 0.717) is 6.04 Å². The van der Waals surface area contributed by atoms with Gasteiger partial charge in [0.2, 0.25) is 0 Å². The van der Waals surface area contributed by atoms with Crippen LogP contribution in [-0.2, 0) is 18.2 Å². The van der Waals surface area contributed by atoms with Crippen LogP contribution in [0.25, 0.3) is 0 Å². The van der Waals surface area contributed by atoms with Gasteiger partial charge in [0.1, 0.15) is 0 Å². The summed E-state index contributed by atoms with van der Waals surface area (Å²) < 4.78 is 7.30. The Morgan fingerprint density at radius 3 is 2.78 bits per heavy atom. The van der Waals surface area contributed by atoms with Crippen LogP contribution in [0.4, 0.5) is 0 Å². The number of rotatable bonds is 10. The SMILES string of the molecule is CCCNC(CCOCCC)Cc1cn(C)nn1. The van der Waals surface area contributed by atoms with Crippen LogP contribution < -0.4 is 5.32 Å². The summed E-state index contributed by atoms with van der Waals surface area (Å²) in [5.41, 5.74) is 1.04. The van der Waals surface area contributed by atoms with E-state index in [1.54, 1.807) is 4.68 Å². The molecule has 0 spiro atoms. The topological polar surface area (TPSA) is 52.0 Å². The van der Waals surface area contributed by atoms with Crippen LogP contribution in [0.2, 0.25) is 0 Å². The zero-order chi connectivity index (χ0) is 13.2. The minimum Gasteiger partial charge on any atom is -0.381 e. The Balaban J connectivity index is 2.34.